The van der Waals surface area contributed by atoms with E-state index in [0.29, 0.717) is 9.04 Å². The fourth-order valence-electron chi connectivity index (χ4n) is 4.99. The van der Waals surface area contributed by atoms with Crippen molar-refractivity contribution in [2.24, 2.45) is 5.41 Å². The van der Waals surface area contributed by atoms with Crippen molar-refractivity contribution >= 4 is 6.08 Å². The molecule has 2 aromatic rings. The van der Waals surface area contributed by atoms with Gasteiger partial charge in [0.1, 0.15) is 0 Å². The van der Waals surface area contributed by atoms with Crippen molar-refractivity contribution in [2.75, 3.05) is 0 Å². The van der Waals surface area contributed by atoms with Gasteiger partial charge in [-0.2, -0.15) is 0 Å². The molecule has 0 radical (unpaired) electrons. The average Bonchev–Trinajstić information content (AvgIpc) is 2.93. The van der Waals surface area contributed by atoms with Crippen molar-refractivity contribution in [3.05, 3.63) is 64.7 Å². The monoisotopic (exact) mass is 433 g/mol. The summed E-state index contributed by atoms with van der Waals surface area (Å²) in [6.07, 6.45) is 9.51. The molecular formula is C26H31Zr. The second-order valence-corrected chi connectivity index (χ2v) is 11.1. The predicted molar refractivity (Wildman–Crippen MR) is 112 cm³/mol. The van der Waals surface area contributed by atoms with Gasteiger partial charge in [-0.05, 0) is 0 Å². The first kappa shape index (κ1) is 19.4. The second-order valence-electron chi connectivity index (χ2n) is 9.64. The van der Waals surface area contributed by atoms with Gasteiger partial charge < -0.3 is 0 Å². The van der Waals surface area contributed by atoms with Gasteiger partial charge in [0.2, 0.25) is 0 Å². The van der Waals surface area contributed by atoms with E-state index in [2.05, 4.69) is 76.2 Å². The van der Waals surface area contributed by atoms with Gasteiger partial charge in [0.25, 0.3) is 0 Å². The number of hydrogen-bond acceptors (Lipinski definition) is 0. The van der Waals surface area contributed by atoms with Crippen LogP contribution in [0.25, 0.3) is 17.2 Å². The number of rotatable bonds is 4. The Morgan fingerprint density at radius 1 is 1.00 bits per heavy atom. The second kappa shape index (κ2) is 7.15. The molecule has 0 aromatic heterocycles. The predicted octanol–water partition coefficient (Wildman–Crippen LogP) is 7.61. The fourth-order valence-corrected chi connectivity index (χ4v) is 6.06. The third-order valence-electron chi connectivity index (χ3n) is 6.92. The van der Waals surface area contributed by atoms with Crippen molar-refractivity contribution in [2.45, 2.75) is 68.8 Å². The fraction of sp³-hybridized carbons (Fsp3) is 0.462. The Morgan fingerprint density at radius 2 is 1.70 bits per heavy atom. The number of hydrogen-bond donors (Lipinski definition) is 0. The summed E-state index contributed by atoms with van der Waals surface area (Å²) in [4.78, 5) is 0. The molecule has 0 bridgehead atoms. The molecular weight excluding hydrogens is 404 g/mol. The van der Waals surface area contributed by atoms with Gasteiger partial charge in [0.05, 0.1) is 0 Å². The van der Waals surface area contributed by atoms with Crippen LogP contribution < -0.4 is 0 Å². The molecule has 0 spiro atoms. The van der Waals surface area contributed by atoms with Gasteiger partial charge in [-0.1, -0.05) is 0 Å². The molecule has 27 heavy (non-hydrogen) atoms. The normalized spacial score (nSPS) is 20.7. The van der Waals surface area contributed by atoms with Crippen LogP contribution in [-0.2, 0) is 30.1 Å². The van der Waals surface area contributed by atoms with Crippen molar-refractivity contribution in [1.82, 2.24) is 0 Å². The quantitative estimate of drug-likeness (QED) is 0.464. The Labute approximate surface area is 180 Å². The molecule has 2 aliphatic rings. The van der Waals surface area contributed by atoms with Crippen molar-refractivity contribution in [3.8, 4) is 11.1 Å². The minimum absolute atomic E-state index is 0.153. The minimum atomic E-state index is 0.153. The SMILES string of the molecule is CCC1(CC2=Cc3c(-c4ccccc4C(C)(C)C)cccc3[CH]2[Zr])CCC1. The molecule has 0 heterocycles. The van der Waals surface area contributed by atoms with E-state index in [0.717, 1.165) is 0 Å². The first-order valence-corrected chi connectivity index (χ1v) is 11.9. The Kier molecular flexibility index (Phi) is 5.13. The summed E-state index contributed by atoms with van der Waals surface area (Å²) >= 11 is 1.64. The van der Waals surface area contributed by atoms with Crippen molar-refractivity contribution in [1.29, 1.82) is 0 Å². The standard InChI is InChI=1S/C26H31.Zr/c1-5-26(14-9-15-26)18-19-16-20-10-8-12-21(23(20)17-19)22-11-6-7-13-24(22)25(2,3)4;/h6-8,10-13,16-17H,5,9,14-15,18H2,1-4H3;. The summed E-state index contributed by atoms with van der Waals surface area (Å²) in [6, 6.07) is 16.0. The third-order valence-corrected chi connectivity index (χ3v) is 8.60. The van der Waals surface area contributed by atoms with Gasteiger partial charge in [-0.25, -0.2) is 0 Å². The van der Waals surface area contributed by atoms with E-state index in [1.807, 2.05) is 0 Å². The van der Waals surface area contributed by atoms with E-state index in [1.54, 1.807) is 35.9 Å². The number of fused-ring (bicyclic) bond motifs is 1. The Bertz CT molecular complexity index is 872. The molecule has 0 aliphatic heterocycles. The molecule has 1 unspecified atom stereocenters. The van der Waals surface area contributed by atoms with Gasteiger partial charge in [-0.15, -0.1) is 0 Å². The van der Waals surface area contributed by atoms with E-state index in [1.165, 1.54) is 54.4 Å². The molecule has 0 saturated heterocycles. The Morgan fingerprint density at radius 3 is 2.33 bits per heavy atom. The van der Waals surface area contributed by atoms with Crippen molar-refractivity contribution < 1.29 is 24.7 Å². The van der Waals surface area contributed by atoms with E-state index < -0.39 is 0 Å². The summed E-state index contributed by atoms with van der Waals surface area (Å²) in [5, 5.41) is 0. The first-order chi connectivity index (χ1) is 12.8. The van der Waals surface area contributed by atoms with Crippen molar-refractivity contribution in [3.63, 3.8) is 0 Å². The molecule has 1 atom stereocenters. The van der Waals surface area contributed by atoms with Gasteiger partial charge in [0, 0.05) is 0 Å². The molecule has 0 N–H and O–H groups in total. The molecule has 0 nitrogen and oxygen atoms in total. The molecule has 139 valence electrons. The summed E-state index contributed by atoms with van der Waals surface area (Å²) < 4.78 is 0.651. The Hall–Kier alpha value is -0.937. The van der Waals surface area contributed by atoms with Crippen LogP contribution in [0.3, 0.4) is 0 Å². The molecule has 2 aliphatic carbocycles. The topological polar surface area (TPSA) is 0 Å². The van der Waals surface area contributed by atoms with Crippen LogP contribution >= 0.6 is 0 Å². The summed E-state index contributed by atoms with van der Waals surface area (Å²) in [5.41, 5.74) is 9.81. The zero-order valence-corrected chi connectivity index (χ0v) is 19.7. The van der Waals surface area contributed by atoms with Crippen LogP contribution in [0.4, 0.5) is 0 Å². The molecule has 1 heteroatoms. The van der Waals surface area contributed by atoms with Crippen LogP contribution in [0.5, 0.6) is 0 Å². The zero-order chi connectivity index (χ0) is 19.2. The average molecular weight is 435 g/mol. The summed E-state index contributed by atoms with van der Waals surface area (Å²) in [5.74, 6) is 0. The molecule has 1 saturated carbocycles. The van der Waals surface area contributed by atoms with Crippen LogP contribution in [0, 0.1) is 5.41 Å². The van der Waals surface area contributed by atoms with Gasteiger partial charge >= 0.3 is 181 Å². The van der Waals surface area contributed by atoms with Crippen LogP contribution in [0.1, 0.15) is 80.1 Å². The third kappa shape index (κ3) is 3.46. The van der Waals surface area contributed by atoms with Crippen LogP contribution in [-0.4, -0.2) is 0 Å². The van der Waals surface area contributed by atoms with E-state index >= 15 is 0 Å². The summed E-state index contributed by atoms with van der Waals surface area (Å²) in [7, 11) is 0. The summed E-state index contributed by atoms with van der Waals surface area (Å²) in [6.45, 7) is 9.37. The molecule has 0 amide bonds. The first-order valence-electron chi connectivity index (χ1n) is 10.5. The number of allylic oxidation sites excluding steroid dienone is 1. The van der Waals surface area contributed by atoms with Crippen LogP contribution in [0.15, 0.2) is 48.0 Å². The maximum absolute atomic E-state index is 2.57. The van der Waals surface area contributed by atoms with E-state index in [4.69, 9.17) is 0 Å². The van der Waals surface area contributed by atoms with E-state index in [9.17, 15) is 0 Å². The molecule has 2 aromatic carbocycles. The van der Waals surface area contributed by atoms with Crippen LogP contribution in [0.2, 0.25) is 0 Å². The molecule has 4 rings (SSSR count). The van der Waals surface area contributed by atoms with Gasteiger partial charge in [0.15, 0.2) is 0 Å². The maximum atomic E-state index is 2.57. The zero-order valence-electron chi connectivity index (χ0n) is 17.2. The Balaban J connectivity index is 1.78. The number of benzene rings is 2. The van der Waals surface area contributed by atoms with E-state index in [-0.39, 0.29) is 5.41 Å². The molecule has 1 fully saturated rings. The van der Waals surface area contributed by atoms with Gasteiger partial charge in [-0.3, -0.25) is 0 Å².